The summed E-state index contributed by atoms with van der Waals surface area (Å²) in [6, 6.07) is 0. The molecule has 0 unspecified atom stereocenters. The van der Waals surface area contributed by atoms with Crippen molar-refractivity contribution in [3.05, 3.63) is 106 Å². The standard InChI is InChI=1S/3C6F5.C3H4N2.Al/c3*7-2-1-3(8)5(10)6(11)4(2)9;1-2-5-3-4-1;/h;;;1-3H,(H,4,5);. The lowest BCUT2D eigenvalue weighted by molar-refractivity contribution is 0.380. The molecule has 0 amide bonds. The van der Waals surface area contributed by atoms with Gasteiger partial charge in [-0.2, -0.15) is 0 Å². The number of nitrogens with zero attached hydrogens (tertiary/aromatic N) is 1. The van der Waals surface area contributed by atoms with E-state index in [-0.39, 0.29) is 0 Å². The minimum Gasteiger partial charge on any atom is -0.351 e. The van der Waals surface area contributed by atoms with Crippen molar-refractivity contribution in [3.63, 3.8) is 0 Å². The fraction of sp³-hybridized carbons (Fsp3) is 0. The van der Waals surface area contributed by atoms with Gasteiger partial charge in [-0.1, -0.05) is 0 Å². The summed E-state index contributed by atoms with van der Waals surface area (Å²) in [4.78, 5) is 6.42. The molecule has 0 saturated heterocycles. The van der Waals surface area contributed by atoms with Crippen LogP contribution in [-0.2, 0) is 0 Å². The molecule has 0 aliphatic heterocycles. The summed E-state index contributed by atoms with van der Waals surface area (Å²) in [6.45, 7) is 0. The van der Waals surface area contributed by atoms with Crippen molar-refractivity contribution in [1.29, 1.82) is 0 Å². The Kier molecular flexibility index (Phi) is 8.60. The summed E-state index contributed by atoms with van der Waals surface area (Å²) in [7, 11) is 0. The third kappa shape index (κ3) is 4.94. The molecule has 0 atom stereocenters. The molecule has 1 aromatic heterocycles. The van der Waals surface area contributed by atoms with Gasteiger partial charge >= 0.3 is 14.1 Å². The van der Waals surface area contributed by atoms with E-state index in [1.165, 1.54) is 0 Å². The normalized spacial score (nSPS) is 10.9. The molecular weight excluding hydrogens is 592 g/mol. The van der Waals surface area contributed by atoms with Crippen LogP contribution in [0.5, 0.6) is 0 Å². The number of rotatable bonds is 3. The first-order valence-corrected chi connectivity index (χ1v) is 11.4. The van der Waals surface area contributed by atoms with E-state index in [9.17, 15) is 65.9 Å². The molecule has 0 aliphatic rings. The van der Waals surface area contributed by atoms with Gasteiger partial charge in [0.1, 0.15) is 0 Å². The highest BCUT2D eigenvalue weighted by Crippen LogP contribution is 2.23. The van der Waals surface area contributed by atoms with Crippen molar-refractivity contribution in [2.24, 2.45) is 0 Å². The fourth-order valence-corrected chi connectivity index (χ4v) is 6.42. The second-order valence-corrected chi connectivity index (χ2v) is 9.74. The molecule has 0 aliphatic carbocycles. The van der Waals surface area contributed by atoms with Crippen LogP contribution in [0.25, 0.3) is 0 Å². The summed E-state index contributed by atoms with van der Waals surface area (Å²) in [5, 5.41) is 0. The highest BCUT2D eigenvalue weighted by Gasteiger charge is 2.47. The molecule has 2 nitrogen and oxygen atoms in total. The zero-order valence-corrected chi connectivity index (χ0v) is 19.1. The Morgan fingerprint density at radius 3 is 0.769 bits per heavy atom. The van der Waals surface area contributed by atoms with E-state index in [4.69, 9.17) is 0 Å². The number of halogens is 15. The molecule has 1 heterocycles. The molecule has 0 spiro atoms. The van der Waals surface area contributed by atoms with Crippen LogP contribution in [0.3, 0.4) is 0 Å². The summed E-state index contributed by atoms with van der Waals surface area (Å²) in [5.41, 5.74) is 0. The van der Waals surface area contributed by atoms with Crippen LogP contribution >= 0.6 is 0 Å². The molecule has 4 rings (SSSR count). The molecule has 4 aromatic rings. The Morgan fingerprint density at radius 1 is 0.385 bits per heavy atom. The summed E-state index contributed by atoms with van der Waals surface area (Å²) in [6.07, 6.45) is 5.08. The van der Waals surface area contributed by atoms with E-state index in [2.05, 4.69) is 9.97 Å². The maximum absolute atomic E-state index is 14.4. The molecule has 1 N–H and O–H groups in total. The molecule has 0 saturated carbocycles. The Balaban J connectivity index is 0.000000753. The lowest BCUT2D eigenvalue weighted by Crippen LogP contribution is -2.60. The topological polar surface area (TPSA) is 28.7 Å². The van der Waals surface area contributed by atoms with Crippen LogP contribution in [0.15, 0.2) is 18.7 Å². The zero-order chi connectivity index (χ0) is 29.5. The van der Waals surface area contributed by atoms with E-state index < -0.39 is 115 Å². The second kappa shape index (κ2) is 11.2. The Morgan fingerprint density at radius 2 is 0.615 bits per heavy atom. The van der Waals surface area contributed by atoms with Crippen molar-refractivity contribution in [1.82, 2.24) is 9.97 Å². The molecule has 18 heteroatoms. The molecule has 3 aromatic carbocycles. The largest absolute Gasteiger partial charge is 0.413 e. The average molecular weight is 596 g/mol. The van der Waals surface area contributed by atoms with Crippen molar-refractivity contribution >= 4 is 27.4 Å². The second-order valence-electron chi connectivity index (χ2n) is 7.14. The minimum atomic E-state index is -5.96. The third-order valence-corrected chi connectivity index (χ3v) is 8.26. The predicted octanol–water partition coefficient (Wildman–Crippen LogP) is 4.70. The van der Waals surface area contributed by atoms with Gasteiger partial charge in [0.25, 0.3) is 0 Å². The Bertz CT molecular complexity index is 1300. The van der Waals surface area contributed by atoms with Crippen molar-refractivity contribution in [2.75, 3.05) is 0 Å². The van der Waals surface area contributed by atoms with Crippen LogP contribution in [0.4, 0.5) is 65.9 Å². The van der Waals surface area contributed by atoms with E-state index in [0.29, 0.717) is 0 Å². The summed E-state index contributed by atoms with van der Waals surface area (Å²) >= 11 is -5.96. The van der Waals surface area contributed by atoms with Gasteiger partial charge in [0.2, 0.25) is 0 Å². The molecule has 0 fully saturated rings. The first-order valence-electron chi connectivity index (χ1n) is 9.63. The van der Waals surface area contributed by atoms with Gasteiger partial charge in [-0.3, -0.25) is 0 Å². The van der Waals surface area contributed by atoms with Crippen LogP contribution in [0.2, 0.25) is 0 Å². The molecule has 0 bridgehead atoms. The van der Waals surface area contributed by atoms with Gasteiger partial charge in [-0.15, -0.1) is 0 Å². The van der Waals surface area contributed by atoms with Gasteiger partial charge < -0.3 is 4.98 Å². The zero-order valence-electron chi connectivity index (χ0n) is 17.9. The van der Waals surface area contributed by atoms with Gasteiger partial charge in [-0.25, -0.2) is 70.8 Å². The monoisotopic (exact) mass is 596 g/mol. The smallest absolute Gasteiger partial charge is 0.351 e. The molecular formula is C21H4AlF15N2. The lowest BCUT2D eigenvalue weighted by atomic mass is 10.3. The Hall–Kier alpha value is -3.65. The number of nitrogens with one attached hydrogen (secondary N) is 1. The maximum Gasteiger partial charge on any atom is 0.413 e. The average Bonchev–Trinajstić information content (AvgIpc) is 3.51. The number of H-pyrrole nitrogens is 1. The van der Waals surface area contributed by atoms with E-state index in [1.54, 1.807) is 18.7 Å². The van der Waals surface area contributed by atoms with E-state index in [0.717, 1.165) is 0 Å². The fourth-order valence-electron chi connectivity index (χ4n) is 3.27. The first-order chi connectivity index (χ1) is 18.2. The lowest BCUT2D eigenvalue weighted by Gasteiger charge is -2.20. The van der Waals surface area contributed by atoms with Gasteiger partial charge in [0.15, 0.2) is 87.3 Å². The maximum atomic E-state index is 14.4. The van der Waals surface area contributed by atoms with Crippen molar-refractivity contribution < 1.29 is 65.9 Å². The molecule has 0 radical (unpaired) electrons. The van der Waals surface area contributed by atoms with Crippen LogP contribution in [0, 0.1) is 87.3 Å². The third-order valence-electron chi connectivity index (χ3n) is 5.00. The molecule has 39 heavy (non-hydrogen) atoms. The van der Waals surface area contributed by atoms with E-state index in [1.807, 2.05) is 0 Å². The number of benzene rings is 3. The van der Waals surface area contributed by atoms with Crippen molar-refractivity contribution in [3.8, 4) is 0 Å². The van der Waals surface area contributed by atoms with Crippen LogP contribution in [0.1, 0.15) is 0 Å². The predicted molar refractivity (Wildman–Crippen MR) is 102 cm³/mol. The SMILES string of the molecule is Fc1c(F)c(F)[c]([Al]([c]2c(F)c(F)c(F)c(F)c2F)[c]2c(F)c(F)c(F)c(F)c2F)c(F)c1F.c1c[nH]cn1. The summed E-state index contributed by atoms with van der Waals surface area (Å²) < 4.78 is 201. The van der Waals surface area contributed by atoms with Crippen LogP contribution in [-0.4, -0.2) is 24.1 Å². The van der Waals surface area contributed by atoms with Gasteiger partial charge in [0.05, 0.1) is 6.33 Å². The highest BCUT2D eigenvalue weighted by atomic mass is 27.2. The van der Waals surface area contributed by atoms with Crippen LogP contribution < -0.4 is 13.3 Å². The van der Waals surface area contributed by atoms with E-state index >= 15 is 0 Å². The van der Waals surface area contributed by atoms with Gasteiger partial charge in [-0.05, 0) is 13.3 Å². The summed E-state index contributed by atoms with van der Waals surface area (Å²) in [5.74, 6) is -44.6. The number of aromatic nitrogens is 2. The van der Waals surface area contributed by atoms with Gasteiger partial charge in [0, 0.05) is 12.4 Å². The quantitative estimate of drug-likeness (QED) is 0.158. The highest BCUT2D eigenvalue weighted by molar-refractivity contribution is 6.95. The molecule has 206 valence electrons. The Labute approximate surface area is 209 Å². The van der Waals surface area contributed by atoms with Crippen molar-refractivity contribution in [2.45, 2.75) is 0 Å². The number of imidazole rings is 1. The minimum absolute atomic E-state index is 1.62. The first kappa shape index (κ1) is 29.9. The number of hydrogen-bond donors (Lipinski definition) is 1. The number of aromatic amines is 1. The number of hydrogen-bond acceptors (Lipinski definition) is 1.